The predicted octanol–water partition coefficient (Wildman–Crippen LogP) is 1.33. The summed E-state index contributed by atoms with van der Waals surface area (Å²) < 4.78 is 10.5. The van der Waals surface area contributed by atoms with Crippen LogP contribution in [0.15, 0.2) is 18.2 Å². The number of ether oxygens (including phenoxy) is 2. The molecule has 2 amide bonds. The SMILES string of the molecule is CCC1NC(=O)C(C)N(c2ccc(OC)cc2OC)C1=O. The van der Waals surface area contributed by atoms with E-state index in [1.54, 1.807) is 32.2 Å². The lowest BCUT2D eigenvalue weighted by molar-refractivity contribution is -0.133. The summed E-state index contributed by atoms with van der Waals surface area (Å²) >= 11 is 0. The van der Waals surface area contributed by atoms with E-state index in [1.165, 1.54) is 12.0 Å². The topological polar surface area (TPSA) is 67.9 Å². The predicted molar refractivity (Wildman–Crippen MR) is 78.7 cm³/mol. The Morgan fingerprint density at radius 1 is 1.24 bits per heavy atom. The molecule has 6 heteroatoms. The van der Waals surface area contributed by atoms with E-state index in [0.717, 1.165) is 0 Å². The molecule has 2 unspecified atom stereocenters. The van der Waals surface area contributed by atoms with Gasteiger partial charge in [0.25, 0.3) is 0 Å². The first-order valence-corrected chi connectivity index (χ1v) is 6.89. The average molecular weight is 292 g/mol. The zero-order valence-electron chi connectivity index (χ0n) is 12.7. The van der Waals surface area contributed by atoms with Crippen LogP contribution in [0.2, 0.25) is 0 Å². The monoisotopic (exact) mass is 292 g/mol. The van der Waals surface area contributed by atoms with Crippen LogP contribution in [-0.4, -0.2) is 38.1 Å². The molecule has 1 fully saturated rings. The van der Waals surface area contributed by atoms with E-state index in [0.29, 0.717) is 23.6 Å². The van der Waals surface area contributed by atoms with E-state index in [9.17, 15) is 9.59 Å². The Morgan fingerprint density at radius 2 is 1.95 bits per heavy atom. The normalized spacial score (nSPS) is 22.0. The summed E-state index contributed by atoms with van der Waals surface area (Å²) in [5, 5.41) is 2.73. The maximum absolute atomic E-state index is 12.6. The number of nitrogens with zero attached hydrogens (tertiary/aromatic N) is 1. The van der Waals surface area contributed by atoms with Gasteiger partial charge in [0.1, 0.15) is 23.6 Å². The van der Waals surface area contributed by atoms with Crippen molar-refractivity contribution in [3.8, 4) is 11.5 Å². The lowest BCUT2D eigenvalue weighted by Crippen LogP contribution is -2.62. The van der Waals surface area contributed by atoms with E-state index >= 15 is 0 Å². The van der Waals surface area contributed by atoms with E-state index in [-0.39, 0.29) is 11.8 Å². The Kier molecular flexibility index (Phi) is 4.35. The van der Waals surface area contributed by atoms with Gasteiger partial charge in [0, 0.05) is 6.07 Å². The van der Waals surface area contributed by atoms with Gasteiger partial charge in [-0.25, -0.2) is 0 Å². The summed E-state index contributed by atoms with van der Waals surface area (Å²) in [6, 6.07) is 4.09. The summed E-state index contributed by atoms with van der Waals surface area (Å²) in [6.45, 7) is 3.56. The van der Waals surface area contributed by atoms with Crippen molar-refractivity contribution >= 4 is 17.5 Å². The molecule has 1 N–H and O–H groups in total. The molecule has 21 heavy (non-hydrogen) atoms. The Morgan fingerprint density at radius 3 is 2.52 bits per heavy atom. The Labute approximate surface area is 124 Å². The van der Waals surface area contributed by atoms with Crippen molar-refractivity contribution in [2.24, 2.45) is 0 Å². The minimum absolute atomic E-state index is 0.131. The fraction of sp³-hybridized carbons (Fsp3) is 0.467. The Hall–Kier alpha value is -2.24. The van der Waals surface area contributed by atoms with Crippen molar-refractivity contribution < 1.29 is 19.1 Å². The third kappa shape index (κ3) is 2.66. The lowest BCUT2D eigenvalue weighted by Gasteiger charge is -2.37. The number of piperazine rings is 1. The van der Waals surface area contributed by atoms with Crippen molar-refractivity contribution in [1.82, 2.24) is 5.32 Å². The number of methoxy groups -OCH3 is 2. The summed E-state index contributed by atoms with van der Waals surface area (Å²) in [5.74, 6) is 0.829. The molecule has 2 atom stereocenters. The molecule has 0 saturated carbocycles. The maximum Gasteiger partial charge on any atom is 0.250 e. The molecule has 1 aliphatic heterocycles. The van der Waals surface area contributed by atoms with Crippen molar-refractivity contribution in [2.75, 3.05) is 19.1 Å². The van der Waals surface area contributed by atoms with Crippen LogP contribution >= 0.6 is 0 Å². The highest BCUT2D eigenvalue weighted by Crippen LogP contribution is 2.34. The molecule has 1 saturated heterocycles. The molecule has 1 aromatic carbocycles. The highest BCUT2D eigenvalue weighted by Gasteiger charge is 2.39. The van der Waals surface area contributed by atoms with Crippen molar-refractivity contribution in [1.29, 1.82) is 0 Å². The van der Waals surface area contributed by atoms with Crippen LogP contribution in [0.25, 0.3) is 0 Å². The van der Waals surface area contributed by atoms with Gasteiger partial charge in [-0.05, 0) is 25.5 Å². The highest BCUT2D eigenvalue weighted by molar-refractivity contribution is 6.08. The summed E-state index contributed by atoms with van der Waals surface area (Å²) in [4.78, 5) is 26.1. The molecule has 1 heterocycles. The minimum Gasteiger partial charge on any atom is -0.497 e. The number of nitrogens with one attached hydrogen (secondary N) is 1. The quantitative estimate of drug-likeness (QED) is 0.909. The number of carbonyl (C=O) groups is 2. The Bertz CT molecular complexity index is 559. The number of hydrogen-bond donors (Lipinski definition) is 1. The fourth-order valence-electron chi connectivity index (χ4n) is 2.42. The van der Waals surface area contributed by atoms with Crippen LogP contribution in [0.1, 0.15) is 20.3 Å². The van der Waals surface area contributed by atoms with Gasteiger partial charge in [0.15, 0.2) is 0 Å². The molecular weight excluding hydrogens is 272 g/mol. The van der Waals surface area contributed by atoms with Crippen molar-refractivity contribution in [3.05, 3.63) is 18.2 Å². The third-order valence-electron chi connectivity index (χ3n) is 3.67. The Balaban J connectivity index is 2.47. The first kappa shape index (κ1) is 15.2. The lowest BCUT2D eigenvalue weighted by atomic mass is 10.0. The number of carbonyl (C=O) groups excluding carboxylic acids is 2. The number of anilines is 1. The van der Waals surface area contributed by atoms with E-state index in [1.807, 2.05) is 6.92 Å². The fourth-order valence-corrected chi connectivity index (χ4v) is 2.42. The zero-order valence-corrected chi connectivity index (χ0v) is 12.7. The van der Waals surface area contributed by atoms with E-state index in [4.69, 9.17) is 9.47 Å². The maximum atomic E-state index is 12.6. The number of rotatable bonds is 4. The van der Waals surface area contributed by atoms with Crippen molar-refractivity contribution in [3.63, 3.8) is 0 Å². The van der Waals surface area contributed by atoms with Crippen LogP contribution < -0.4 is 19.7 Å². The average Bonchev–Trinajstić information content (AvgIpc) is 2.51. The summed E-state index contributed by atoms with van der Waals surface area (Å²) in [5.41, 5.74) is 0.573. The third-order valence-corrected chi connectivity index (χ3v) is 3.67. The number of hydrogen-bond acceptors (Lipinski definition) is 4. The van der Waals surface area contributed by atoms with Crippen molar-refractivity contribution in [2.45, 2.75) is 32.4 Å². The molecule has 114 valence electrons. The smallest absolute Gasteiger partial charge is 0.250 e. The second-order valence-electron chi connectivity index (χ2n) is 4.89. The van der Waals surface area contributed by atoms with Gasteiger partial charge in [-0.2, -0.15) is 0 Å². The molecule has 6 nitrogen and oxygen atoms in total. The zero-order chi connectivity index (χ0) is 15.6. The summed E-state index contributed by atoms with van der Waals surface area (Å²) in [6.07, 6.45) is 0.548. The van der Waals surface area contributed by atoms with Crippen LogP contribution in [0, 0.1) is 0 Å². The molecule has 2 rings (SSSR count). The highest BCUT2D eigenvalue weighted by atomic mass is 16.5. The summed E-state index contributed by atoms with van der Waals surface area (Å²) in [7, 11) is 3.08. The first-order valence-electron chi connectivity index (χ1n) is 6.89. The van der Waals surface area contributed by atoms with Crippen LogP contribution in [0.4, 0.5) is 5.69 Å². The van der Waals surface area contributed by atoms with Gasteiger partial charge in [-0.1, -0.05) is 6.92 Å². The van der Waals surface area contributed by atoms with Gasteiger partial charge in [0.05, 0.1) is 19.9 Å². The standard InChI is InChI=1S/C15H20N2O4/c1-5-11-15(19)17(9(2)14(18)16-11)12-7-6-10(20-3)8-13(12)21-4/h6-9,11H,5H2,1-4H3,(H,16,18). The van der Waals surface area contributed by atoms with E-state index < -0.39 is 12.1 Å². The van der Waals surface area contributed by atoms with Crippen LogP contribution in [0.5, 0.6) is 11.5 Å². The van der Waals surface area contributed by atoms with Gasteiger partial charge in [-0.3, -0.25) is 14.5 Å². The molecule has 0 radical (unpaired) electrons. The van der Waals surface area contributed by atoms with Gasteiger partial charge in [-0.15, -0.1) is 0 Å². The van der Waals surface area contributed by atoms with E-state index in [2.05, 4.69) is 5.32 Å². The number of benzene rings is 1. The van der Waals surface area contributed by atoms with Gasteiger partial charge >= 0.3 is 0 Å². The molecular formula is C15H20N2O4. The number of amides is 2. The van der Waals surface area contributed by atoms with Gasteiger partial charge in [0.2, 0.25) is 11.8 Å². The second-order valence-corrected chi connectivity index (χ2v) is 4.89. The largest absolute Gasteiger partial charge is 0.497 e. The van der Waals surface area contributed by atoms with Gasteiger partial charge < -0.3 is 14.8 Å². The molecule has 1 aliphatic rings. The molecule has 0 spiro atoms. The van der Waals surface area contributed by atoms with Crippen LogP contribution in [0.3, 0.4) is 0 Å². The second kappa shape index (κ2) is 6.03. The first-order chi connectivity index (χ1) is 10.0. The molecule has 0 aromatic heterocycles. The molecule has 1 aromatic rings. The van der Waals surface area contributed by atoms with Crippen LogP contribution in [-0.2, 0) is 9.59 Å². The molecule has 0 bridgehead atoms. The molecule has 0 aliphatic carbocycles. The minimum atomic E-state index is -0.581.